The first-order valence-electron chi connectivity index (χ1n) is 5.52. The highest BCUT2D eigenvalue weighted by Gasteiger charge is 2.19. The summed E-state index contributed by atoms with van der Waals surface area (Å²) in [4.78, 5) is 2.09. The van der Waals surface area contributed by atoms with Gasteiger partial charge in [0.05, 0.1) is 12.7 Å². The van der Waals surface area contributed by atoms with E-state index < -0.39 is 11.6 Å². The molecule has 1 saturated heterocycles. The van der Waals surface area contributed by atoms with Crippen molar-refractivity contribution in [3.05, 3.63) is 35.4 Å². The molecule has 1 aromatic carbocycles. The van der Waals surface area contributed by atoms with Crippen molar-refractivity contribution in [3.63, 3.8) is 0 Å². The fraction of sp³-hybridized carbons (Fsp3) is 0.500. The summed E-state index contributed by atoms with van der Waals surface area (Å²) in [7, 11) is 0. The lowest BCUT2D eigenvalue weighted by atomic mass is 10.2. The number of ether oxygens (including phenoxy) is 1. The zero-order chi connectivity index (χ0) is 12.3. The molecule has 1 aliphatic rings. The third-order valence-corrected chi connectivity index (χ3v) is 3.07. The second-order valence-electron chi connectivity index (χ2n) is 4.16. The minimum Gasteiger partial charge on any atom is -0.374 e. The molecule has 1 heterocycles. The van der Waals surface area contributed by atoms with Crippen molar-refractivity contribution < 1.29 is 13.5 Å². The molecule has 0 radical (unpaired) electrons. The Labute approximate surface area is 104 Å². The Balaban J connectivity index is 2.00. The van der Waals surface area contributed by atoms with Crippen LogP contribution in [0.15, 0.2) is 18.2 Å². The van der Waals surface area contributed by atoms with E-state index in [9.17, 15) is 8.78 Å². The summed E-state index contributed by atoms with van der Waals surface area (Å²) in [6.07, 6.45) is 0.00354. The van der Waals surface area contributed by atoms with Crippen LogP contribution in [-0.4, -0.2) is 36.6 Å². The monoisotopic (exact) mass is 261 g/mol. The predicted octanol–water partition coefficient (Wildman–Crippen LogP) is 2.40. The SMILES string of the molecule is Fc1cc(F)cc(CN2CCOC(CCl)C2)c1. The lowest BCUT2D eigenvalue weighted by Gasteiger charge is -2.31. The molecule has 2 rings (SSSR count). The minimum absolute atomic E-state index is 0.00354. The van der Waals surface area contributed by atoms with Crippen LogP contribution < -0.4 is 0 Å². The fourth-order valence-corrected chi connectivity index (χ4v) is 2.16. The molecule has 5 heteroatoms. The molecule has 0 N–H and O–H groups in total. The molecular formula is C12H14ClF2NO. The van der Waals surface area contributed by atoms with Crippen molar-refractivity contribution >= 4 is 11.6 Å². The number of alkyl halides is 1. The molecule has 94 valence electrons. The summed E-state index contributed by atoms with van der Waals surface area (Å²) in [5.41, 5.74) is 0.637. The first-order valence-corrected chi connectivity index (χ1v) is 6.05. The van der Waals surface area contributed by atoms with Crippen molar-refractivity contribution in [2.75, 3.05) is 25.6 Å². The van der Waals surface area contributed by atoms with E-state index in [0.29, 0.717) is 31.1 Å². The van der Waals surface area contributed by atoms with Gasteiger partial charge >= 0.3 is 0 Å². The number of hydrogen-bond donors (Lipinski definition) is 0. The van der Waals surface area contributed by atoms with Gasteiger partial charge in [0, 0.05) is 31.6 Å². The van der Waals surface area contributed by atoms with E-state index in [1.807, 2.05) is 0 Å². The molecule has 0 bridgehead atoms. The second-order valence-corrected chi connectivity index (χ2v) is 4.47. The lowest BCUT2D eigenvalue weighted by molar-refractivity contribution is -0.0194. The van der Waals surface area contributed by atoms with Gasteiger partial charge in [-0.25, -0.2) is 8.78 Å². The van der Waals surface area contributed by atoms with Gasteiger partial charge in [0.2, 0.25) is 0 Å². The van der Waals surface area contributed by atoms with Crippen LogP contribution in [0.3, 0.4) is 0 Å². The lowest BCUT2D eigenvalue weighted by Crippen LogP contribution is -2.42. The maximum atomic E-state index is 13.0. The van der Waals surface area contributed by atoms with Crippen LogP contribution >= 0.6 is 11.6 Å². The van der Waals surface area contributed by atoms with E-state index in [1.165, 1.54) is 12.1 Å². The number of benzene rings is 1. The Bertz CT molecular complexity index is 369. The van der Waals surface area contributed by atoms with E-state index in [2.05, 4.69) is 4.90 Å². The Morgan fingerprint density at radius 2 is 2.00 bits per heavy atom. The Kier molecular flexibility index (Phi) is 4.31. The van der Waals surface area contributed by atoms with Gasteiger partial charge in [-0.05, 0) is 17.7 Å². The van der Waals surface area contributed by atoms with Crippen LogP contribution in [0.5, 0.6) is 0 Å². The molecule has 1 atom stereocenters. The maximum absolute atomic E-state index is 13.0. The van der Waals surface area contributed by atoms with E-state index in [4.69, 9.17) is 16.3 Å². The molecule has 0 spiro atoms. The van der Waals surface area contributed by atoms with E-state index in [-0.39, 0.29) is 6.10 Å². The standard InChI is InChI=1S/C12H14ClF2NO/c13-6-12-8-16(1-2-17-12)7-9-3-10(14)5-11(15)4-9/h3-5,12H,1-2,6-8H2. The van der Waals surface area contributed by atoms with Gasteiger partial charge in [-0.2, -0.15) is 0 Å². The van der Waals surface area contributed by atoms with E-state index in [1.54, 1.807) is 0 Å². The molecule has 1 aromatic rings. The van der Waals surface area contributed by atoms with Crippen molar-refractivity contribution in [3.8, 4) is 0 Å². The van der Waals surface area contributed by atoms with Crippen molar-refractivity contribution in [2.24, 2.45) is 0 Å². The Morgan fingerprint density at radius 3 is 2.65 bits per heavy atom. The second kappa shape index (κ2) is 5.76. The quantitative estimate of drug-likeness (QED) is 0.775. The molecule has 1 unspecified atom stereocenters. The number of hydrogen-bond acceptors (Lipinski definition) is 2. The number of halogens is 3. The molecule has 0 saturated carbocycles. The van der Waals surface area contributed by atoms with Crippen molar-refractivity contribution in [1.82, 2.24) is 4.90 Å². The third kappa shape index (κ3) is 3.63. The van der Waals surface area contributed by atoms with Gasteiger partial charge in [0.1, 0.15) is 11.6 Å². The Morgan fingerprint density at radius 1 is 1.29 bits per heavy atom. The summed E-state index contributed by atoms with van der Waals surface area (Å²) in [6.45, 7) is 2.58. The number of nitrogens with zero attached hydrogens (tertiary/aromatic N) is 1. The molecular weight excluding hydrogens is 248 g/mol. The average Bonchev–Trinajstić information content (AvgIpc) is 2.28. The zero-order valence-electron chi connectivity index (χ0n) is 9.33. The first kappa shape index (κ1) is 12.7. The summed E-state index contributed by atoms with van der Waals surface area (Å²) < 4.78 is 31.5. The number of rotatable bonds is 3. The topological polar surface area (TPSA) is 12.5 Å². The van der Waals surface area contributed by atoms with Crippen molar-refractivity contribution in [2.45, 2.75) is 12.6 Å². The van der Waals surface area contributed by atoms with Crippen LogP contribution in [0.1, 0.15) is 5.56 Å². The minimum atomic E-state index is -0.540. The van der Waals surface area contributed by atoms with E-state index >= 15 is 0 Å². The highest BCUT2D eigenvalue weighted by atomic mass is 35.5. The molecule has 0 aliphatic carbocycles. The summed E-state index contributed by atoms with van der Waals surface area (Å²) in [5, 5.41) is 0. The van der Waals surface area contributed by atoms with Crippen molar-refractivity contribution in [1.29, 1.82) is 0 Å². The maximum Gasteiger partial charge on any atom is 0.126 e. The molecule has 0 amide bonds. The fourth-order valence-electron chi connectivity index (χ4n) is 1.98. The molecule has 17 heavy (non-hydrogen) atoms. The van der Waals surface area contributed by atoms with Crippen LogP contribution in [0, 0.1) is 11.6 Å². The summed E-state index contributed by atoms with van der Waals surface area (Å²) in [5.74, 6) is -0.641. The largest absolute Gasteiger partial charge is 0.374 e. The van der Waals surface area contributed by atoms with Crippen LogP contribution in [-0.2, 0) is 11.3 Å². The molecule has 1 fully saturated rings. The highest BCUT2D eigenvalue weighted by Crippen LogP contribution is 2.14. The van der Waals surface area contributed by atoms with Gasteiger partial charge in [-0.15, -0.1) is 11.6 Å². The van der Waals surface area contributed by atoms with Gasteiger partial charge in [-0.3, -0.25) is 4.90 Å². The smallest absolute Gasteiger partial charge is 0.126 e. The zero-order valence-corrected chi connectivity index (χ0v) is 10.1. The molecule has 2 nitrogen and oxygen atoms in total. The van der Waals surface area contributed by atoms with E-state index in [0.717, 1.165) is 12.6 Å². The molecule has 1 aliphatic heterocycles. The third-order valence-electron chi connectivity index (χ3n) is 2.72. The first-order chi connectivity index (χ1) is 8.17. The summed E-state index contributed by atoms with van der Waals surface area (Å²) >= 11 is 5.73. The highest BCUT2D eigenvalue weighted by molar-refractivity contribution is 6.18. The van der Waals surface area contributed by atoms with Gasteiger partial charge in [0.15, 0.2) is 0 Å². The van der Waals surface area contributed by atoms with Crippen LogP contribution in [0.25, 0.3) is 0 Å². The van der Waals surface area contributed by atoms with Gasteiger partial charge in [0.25, 0.3) is 0 Å². The summed E-state index contributed by atoms with van der Waals surface area (Å²) in [6, 6.07) is 3.59. The Hall–Kier alpha value is -0.710. The normalized spacial score (nSPS) is 21.7. The average molecular weight is 262 g/mol. The van der Waals surface area contributed by atoms with Gasteiger partial charge in [-0.1, -0.05) is 0 Å². The predicted molar refractivity (Wildman–Crippen MR) is 62.1 cm³/mol. The molecule has 0 aromatic heterocycles. The van der Waals surface area contributed by atoms with Crippen LogP contribution in [0.4, 0.5) is 8.78 Å². The van der Waals surface area contributed by atoms with Crippen LogP contribution in [0.2, 0.25) is 0 Å². The number of morpholine rings is 1. The van der Waals surface area contributed by atoms with Gasteiger partial charge < -0.3 is 4.74 Å².